The van der Waals surface area contributed by atoms with Crippen LogP contribution in [0.3, 0.4) is 0 Å². The van der Waals surface area contributed by atoms with Crippen LogP contribution in [-0.4, -0.2) is 44.0 Å². The quantitative estimate of drug-likeness (QED) is 0.872. The number of hydrogen-bond acceptors (Lipinski definition) is 3. The lowest BCUT2D eigenvalue weighted by Gasteiger charge is -2.31. The van der Waals surface area contributed by atoms with Gasteiger partial charge in [0.15, 0.2) is 0 Å². The topological polar surface area (TPSA) is 44.4 Å². The van der Waals surface area contributed by atoms with Crippen molar-refractivity contribution >= 4 is 11.6 Å². The maximum atomic E-state index is 12.4. The summed E-state index contributed by atoms with van der Waals surface area (Å²) < 4.78 is 0. The summed E-state index contributed by atoms with van der Waals surface area (Å²) in [5.41, 5.74) is 2.47. The number of carbonyl (C=O) groups is 1. The minimum Gasteiger partial charge on any atom is -0.373 e. The molecule has 0 radical (unpaired) electrons. The summed E-state index contributed by atoms with van der Waals surface area (Å²) in [6.07, 6.45) is 1.82. The molecule has 116 valence electrons. The highest BCUT2D eigenvalue weighted by Crippen LogP contribution is 2.24. The van der Waals surface area contributed by atoms with Gasteiger partial charge in [-0.05, 0) is 44.0 Å². The number of benzene rings is 1. The van der Waals surface area contributed by atoms with Crippen LogP contribution in [0.1, 0.15) is 25.8 Å². The number of nitrogens with zero attached hydrogens (tertiary/aromatic N) is 1. The Morgan fingerprint density at radius 3 is 2.81 bits per heavy atom. The van der Waals surface area contributed by atoms with Crippen molar-refractivity contribution in [2.45, 2.75) is 32.7 Å². The number of hydrogen-bond donors (Lipinski definition) is 2. The number of para-hydroxylation sites is 1. The molecule has 4 nitrogen and oxygen atoms in total. The highest BCUT2D eigenvalue weighted by atomic mass is 16.2. The zero-order valence-electron chi connectivity index (χ0n) is 13.6. The van der Waals surface area contributed by atoms with Crippen LogP contribution >= 0.6 is 0 Å². The molecule has 0 bridgehead atoms. The third-order valence-electron chi connectivity index (χ3n) is 3.85. The second kappa shape index (κ2) is 6.48. The van der Waals surface area contributed by atoms with Gasteiger partial charge in [0.25, 0.3) is 0 Å². The van der Waals surface area contributed by atoms with Crippen LogP contribution in [0.4, 0.5) is 5.69 Å². The fourth-order valence-electron chi connectivity index (χ4n) is 3.00. The molecule has 0 spiro atoms. The minimum atomic E-state index is -0.116. The molecule has 2 rings (SSSR count). The lowest BCUT2D eigenvalue weighted by Crippen LogP contribution is -2.46. The molecule has 1 unspecified atom stereocenters. The van der Waals surface area contributed by atoms with Gasteiger partial charge in [0, 0.05) is 18.8 Å². The standard InChI is InChI=1S/C17H27N3O/c1-17(2,12-20(3)4)11-18-16(21)15-10-9-13-7-5-6-8-14(13)19-15/h5-8,15,19H,9-12H2,1-4H3,(H,18,21). The Hall–Kier alpha value is -1.55. The Morgan fingerprint density at radius 2 is 2.10 bits per heavy atom. The van der Waals surface area contributed by atoms with E-state index in [4.69, 9.17) is 0 Å². The van der Waals surface area contributed by atoms with E-state index in [2.05, 4.69) is 49.5 Å². The van der Waals surface area contributed by atoms with Gasteiger partial charge in [-0.15, -0.1) is 0 Å². The van der Waals surface area contributed by atoms with Crippen LogP contribution in [0, 0.1) is 5.41 Å². The smallest absolute Gasteiger partial charge is 0.242 e. The lowest BCUT2D eigenvalue weighted by molar-refractivity contribution is -0.122. The van der Waals surface area contributed by atoms with Crippen molar-refractivity contribution in [1.29, 1.82) is 0 Å². The lowest BCUT2D eigenvalue weighted by atomic mass is 9.92. The number of rotatable bonds is 5. The molecular formula is C17H27N3O. The summed E-state index contributed by atoms with van der Waals surface area (Å²) in [5.74, 6) is 0.108. The van der Waals surface area contributed by atoms with E-state index in [1.165, 1.54) is 5.56 Å². The zero-order chi connectivity index (χ0) is 15.5. The van der Waals surface area contributed by atoms with E-state index >= 15 is 0 Å². The molecule has 1 heterocycles. The second-order valence-corrected chi connectivity index (χ2v) is 7.01. The first-order valence-corrected chi connectivity index (χ1v) is 7.64. The average molecular weight is 289 g/mol. The predicted octanol–water partition coefficient (Wildman–Crippen LogP) is 2.12. The Kier molecular flexibility index (Phi) is 4.88. The van der Waals surface area contributed by atoms with Gasteiger partial charge in [-0.1, -0.05) is 32.0 Å². The van der Waals surface area contributed by atoms with Crippen LogP contribution in [0.15, 0.2) is 24.3 Å². The molecule has 1 aliphatic heterocycles. The minimum absolute atomic E-state index is 0.0751. The highest BCUT2D eigenvalue weighted by Gasteiger charge is 2.26. The fraction of sp³-hybridized carbons (Fsp3) is 0.588. The molecule has 1 amide bonds. The first-order chi connectivity index (χ1) is 9.87. The van der Waals surface area contributed by atoms with E-state index in [1.807, 2.05) is 18.2 Å². The second-order valence-electron chi connectivity index (χ2n) is 7.01. The summed E-state index contributed by atoms with van der Waals surface area (Å²) in [4.78, 5) is 14.5. The Morgan fingerprint density at radius 1 is 1.38 bits per heavy atom. The van der Waals surface area contributed by atoms with Crippen LogP contribution in [0.5, 0.6) is 0 Å². The Balaban J connectivity index is 1.88. The van der Waals surface area contributed by atoms with Crippen molar-refractivity contribution in [2.24, 2.45) is 5.41 Å². The van der Waals surface area contributed by atoms with Crippen molar-refractivity contribution < 1.29 is 4.79 Å². The van der Waals surface area contributed by atoms with Gasteiger partial charge >= 0.3 is 0 Å². The molecule has 21 heavy (non-hydrogen) atoms. The fourth-order valence-corrected chi connectivity index (χ4v) is 3.00. The van der Waals surface area contributed by atoms with Gasteiger partial charge in [-0.2, -0.15) is 0 Å². The number of anilines is 1. The van der Waals surface area contributed by atoms with Crippen LogP contribution in [0.2, 0.25) is 0 Å². The van der Waals surface area contributed by atoms with Crippen LogP contribution in [0.25, 0.3) is 0 Å². The molecule has 0 aromatic heterocycles. The highest BCUT2D eigenvalue weighted by molar-refractivity contribution is 5.85. The third kappa shape index (κ3) is 4.46. The van der Waals surface area contributed by atoms with Crippen molar-refractivity contribution in [1.82, 2.24) is 10.2 Å². The Labute approximate surface area is 127 Å². The molecule has 1 aromatic carbocycles. The van der Waals surface area contributed by atoms with E-state index in [9.17, 15) is 4.79 Å². The molecule has 2 N–H and O–H groups in total. The van der Waals surface area contributed by atoms with Gasteiger partial charge in [-0.3, -0.25) is 4.79 Å². The van der Waals surface area contributed by atoms with E-state index in [0.717, 1.165) is 25.1 Å². The molecule has 0 saturated heterocycles. The molecule has 1 aromatic rings. The average Bonchev–Trinajstić information content (AvgIpc) is 2.43. The maximum absolute atomic E-state index is 12.4. The molecule has 0 aliphatic carbocycles. The number of carbonyl (C=O) groups excluding carboxylic acids is 1. The van der Waals surface area contributed by atoms with Crippen LogP contribution in [-0.2, 0) is 11.2 Å². The van der Waals surface area contributed by atoms with E-state index < -0.39 is 0 Å². The van der Waals surface area contributed by atoms with Crippen molar-refractivity contribution in [3.8, 4) is 0 Å². The normalized spacial score (nSPS) is 18.0. The van der Waals surface area contributed by atoms with Gasteiger partial charge < -0.3 is 15.5 Å². The zero-order valence-corrected chi connectivity index (χ0v) is 13.6. The maximum Gasteiger partial charge on any atom is 0.242 e. The first-order valence-electron chi connectivity index (χ1n) is 7.64. The Bertz CT molecular complexity index is 497. The van der Waals surface area contributed by atoms with E-state index in [1.54, 1.807) is 0 Å². The van der Waals surface area contributed by atoms with Crippen LogP contribution < -0.4 is 10.6 Å². The summed E-state index contributed by atoms with van der Waals surface area (Å²) in [6.45, 7) is 6.01. The number of amides is 1. The third-order valence-corrected chi connectivity index (χ3v) is 3.85. The predicted molar refractivity (Wildman–Crippen MR) is 87.5 cm³/mol. The molecule has 1 aliphatic rings. The molecule has 0 saturated carbocycles. The molecule has 0 fully saturated rings. The van der Waals surface area contributed by atoms with Gasteiger partial charge in [0.05, 0.1) is 0 Å². The van der Waals surface area contributed by atoms with E-state index in [-0.39, 0.29) is 17.4 Å². The summed E-state index contributed by atoms with van der Waals surface area (Å²) in [5, 5.41) is 6.45. The number of aryl methyl sites for hydroxylation is 1. The molecular weight excluding hydrogens is 262 g/mol. The molecule has 4 heteroatoms. The van der Waals surface area contributed by atoms with Crippen molar-refractivity contribution in [2.75, 3.05) is 32.5 Å². The summed E-state index contributed by atoms with van der Waals surface area (Å²) in [6, 6.07) is 8.10. The largest absolute Gasteiger partial charge is 0.373 e. The van der Waals surface area contributed by atoms with Gasteiger partial charge in [0.2, 0.25) is 5.91 Å². The van der Waals surface area contributed by atoms with Crippen molar-refractivity contribution in [3.63, 3.8) is 0 Å². The SMILES string of the molecule is CN(C)CC(C)(C)CNC(=O)C1CCc2ccccc2N1. The van der Waals surface area contributed by atoms with E-state index in [0.29, 0.717) is 6.54 Å². The first kappa shape index (κ1) is 15.8. The van der Waals surface area contributed by atoms with Crippen molar-refractivity contribution in [3.05, 3.63) is 29.8 Å². The number of nitrogens with one attached hydrogen (secondary N) is 2. The monoisotopic (exact) mass is 289 g/mol. The molecule has 1 atom stereocenters. The van der Waals surface area contributed by atoms with Gasteiger partial charge in [0.1, 0.15) is 6.04 Å². The summed E-state index contributed by atoms with van der Waals surface area (Å²) in [7, 11) is 4.12. The number of fused-ring (bicyclic) bond motifs is 1. The van der Waals surface area contributed by atoms with Gasteiger partial charge in [-0.25, -0.2) is 0 Å². The summed E-state index contributed by atoms with van der Waals surface area (Å²) >= 11 is 0.